The van der Waals surface area contributed by atoms with Crippen molar-refractivity contribution in [2.75, 3.05) is 0 Å². The van der Waals surface area contributed by atoms with Gasteiger partial charge in [0.1, 0.15) is 11.6 Å². The molecule has 1 N–H and O–H groups in total. The van der Waals surface area contributed by atoms with Crippen LogP contribution in [0.4, 0.5) is 10.5 Å². The number of hydrogen-bond donors (Lipinski definition) is 1. The molecule has 1 aromatic carbocycles. The Labute approximate surface area is 138 Å². The molecule has 0 aliphatic carbocycles. The minimum Gasteiger partial charge on any atom is -0.444 e. The molecule has 9 heteroatoms. The molecule has 1 amide bonds. The van der Waals surface area contributed by atoms with Gasteiger partial charge in [0.25, 0.3) is 11.5 Å². The molecule has 1 atom stereocenters. The van der Waals surface area contributed by atoms with Crippen LogP contribution in [0.3, 0.4) is 0 Å². The van der Waals surface area contributed by atoms with Crippen LogP contribution in [0.25, 0.3) is 5.53 Å². The van der Waals surface area contributed by atoms with E-state index in [4.69, 9.17) is 10.3 Å². The van der Waals surface area contributed by atoms with Gasteiger partial charge in [-0.05, 0) is 26.3 Å². The largest absolute Gasteiger partial charge is 0.444 e. The molecule has 0 heterocycles. The van der Waals surface area contributed by atoms with Crippen LogP contribution in [0.2, 0.25) is 0 Å². The molecule has 0 saturated carbocycles. The number of hydrogen-bond acceptors (Lipinski definition) is 5. The molecular formula is C15H18N4O5. The van der Waals surface area contributed by atoms with Crippen LogP contribution in [0.1, 0.15) is 26.3 Å². The van der Waals surface area contributed by atoms with Crippen LogP contribution in [0.5, 0.6) is 0 Å². The molecule has 1 unspecified atom stereocenters. The number of carbonyl (C=O) groups is 2. The summed E-state index contributed by atoms with van der Waals surface area (Å²) in [6.07, 6.45) is -0.0655. The number of rotatable bonds is 6. The molecule has 0 radical (unpaired) electrons. The van der Waals surface area contributed by atoms with E-state index in [1.807, 2.05) is 0 Å². The zero-order chi connectivity index (χ0) is 18.3. The van der Waals surface area contributed by atoms with Crippen LogP contribution in [-0.4, -0.2) is 39.4 Å². The molecule has 0 aliphatic rings. The second-order valence-electron chi connectivity index (χ2n) is 5.97. The van der Waals surface area contributed by atoms with Crippen LogP contribution >= 0.6 is 0 Å². The van der Waals surface area contributed by atoms with Gasteiger partial charge in [0.15, 0.2) is 0 Å². The zero-order valence-corrected chi connectivity index (χ0v) is 13.6. The Bertz CT molecular complexity index is 672. The molecule has 0 saturated heterocycles. The van der Waals surface area contributed by atoms with Gasteiger partial charge in [-0.1, -0.05) is 12.1 Å². The Morgan fingerprint density at radius 3 is 2.42 bits per heavy atom. The summed E-state index contributed by atoms with van der Waals surface area (Å²) < 4.78 is 5.09. The predicted octanol–water partition coefficient (Wildman–Crippen LogP) is 1.90. The van der Waals surface area contributed by atoms with E-state index >= 15 is 0 Å². The summed E-state index contributed by atoms with van der Waals surface area (Å²) in [6.45, 7) is 5.03. The third-order valence-electron chi connectivity index (χ3n) is 2.81. The molecule has 1 aromatic rings. The number of nitro groups is 1. The maximum Gasteiger partial charge on any atom is 0.408 e. The summed E-state index contributed by atoms with van der Waals surface area (Å²) in [4.78, 5) is 36.5. The van der Waals surface area contributed by atoms with E-state index in [9.17, 15) is 19.7 Å². The van der Waals surface area contributed by atoms with Gasteiger partial charge in [-0.3, -0.25) is 14.9 Å². The second-order valence-corrected chi connectivity index (χ2v) is 5.97. The highest BCUT2D eigenvalue weighted by atomic mass is 16.6. The van der Waals surface area contributed by atoms with Crippen molar-refractivity contribution in [2.24, 2.45) is 0 Å². The molecule has 128 valence electrons. The average molecular weight is 334 g/mol. The average Bonchev–Trinajstić information content (AvgIpc) is 2.45. The standard InChI is InChI=1S/C15H18N4O5/c1-15(2,3)24-14(21)18-12(13(20)9-17-16)8-10-4-6-11(7-5-10)19(22)23/h4-7,9,12H,8H2,1-3H3,(H,18,21). The number of Topliss-reactive ketones (excluding diaryl/α,β-unsaturated/α-hetero) is 1. The van der Waals surface area contributed by atoms with E-state index in [2.05, 4.69) is 10.1 Å². The molecule has 0 aromatic heterocycles. The Kier molecular flexibility index (Phi) is 6.31. The summed E-state index contributed by atoms with van der Waals surface area (Å²) in [5.74, 6) is -0.637. The summed E-state index contributed by atoms with van der Waals surface area (Å²) in [5, 5.41) is 13.0. The van der Waals surface area contributed by atoms with Crippen molar-refractivity contribution in [3.05, 3.63) is 45.5 Å². The minimum absolute atomic E-state index is 0.0576. The number of ether oxygens (including phenoxy) is 1. The predicted molar refractivity (Wildman–Crippen MR) is 84.6 cm³/mol. The van der Waals surface area contributed by atoms with Crippen molar-refractivity contribution in [3.63, 3.8) is 0 Å². The number of benzene rings is 1. The topological polar surface area (TPSA) is 135 Å². The van der Waals surface area contributed by atoms with Crippen LogP contribution in [-0.2, 0) is 16.0 Å². The number of nitrogens with zero attached hydrogens (tertiary/aromatic N) is 3. The van der Waals surface area contributed by atoms with Crippen LogP contribution in [0.15, 0.2) is 24.3 Å². The molecule has 0 spiro atoms. The number of nitro benzene ring substituents is 1. The molecule has 24 heavy (non-hydrogen) atoms. The van der Waals surface area contributed by atoms with Gasteiger partial charge in [0.2, 0.25) is 0 Å². The first-order chi connectivity index (χ1) is 11.1. The summed E-state index contributed by atoms with van der Waals surface area (Å²) in [5.41, 5.74) is 8.26. The van der Waals surface area contributed by atoms with E-state index in [-0.39, 0.29) is 12.1 Å². The van der Waals surface area contributed by atoms with Crippen molar-refractivity contribution in [1.82, 2.24) is 5.32 Å². The lowest BCUT2D eigenvalue weighted by atomic mass is 10.0. The highest BCUT2D eigenvalue weighted by Crippen LogP contribution is 2.14. The van der Waals surface area contributed by atoms with Crippen LogP contribution in [0, 0.1) is 10.1 Å². The summed E-state index contributed by atoms with van der Waals surface area (Å²) in [6, 6.07) is 4.52. The highest BCUT2D eigenvalue weighted by molar-refractivity contribution is 6.28. The maximum atomic E-state index is 11.9. The van der Waals surface area contributed by atoms with E-state index in [1.54, 1.807) is 20.8 Å². The van der Waals surface area contributed by atoms with Gasteiger partial charge in [-0.25, -0.2) is 4.79 Å². The van der Waals surface area contributed by atoms with Gasteiger partial charge in [-0.15, -0.1) is 0 Å². The Hall–Kier alpha value is -3.06. The fraction of sp³-hybridized carbons (Fsp3) is 0.400. The third kappa shape index (κ3) is 6.37. The highest BCUT2D eigenvalue weighted by Gasteiger charge is 2.25. The summed E-state index contributed by atoms with van der Waals surface area (Å²) >= 11 is 0. The normalized spacial score (nSPS) is 11.8. The first kappa shape index (κ1) is 19.0. The Morgan fingerprint density at radius 2 is 1.96 bits per heavy atom. The molecule has 9 nitrogen and oxygen atoms in total. The molecule has 0 fully saturated rings. The van der Waals surface area contributed by atoms with Gasteiger partial charge >= 0.3 is 12.3 Å². The maximum absolute atomic E-state index is 11.9. The van der Waals surface area contributed by atoms with Crippen LogP contribution < -0.4 is 5.32 Å². The minimum atomic E-state index is -1.03. The molecule has 1 rings (SSSR count). The fourth-order valence-corrected chi connectivity index (χ4v) is 1.81. The Morgan fingerprint density at radius 1 is 1.38 bits per heavy atom. The third-order valence-corrected chi connectivity index (χ3v) is 2.81. The van der Waals surface area contributed by atoms with Gasteiger partial charge in [-0.2, -0.15) is 4.79 Å². The van der Waals surface area contributed by atoms with Gasteiger partial charge in [0.05, 0.1) is 4.92 Å². The first-order valence-corrected chi connectivity index (χ1v) is 7.06. The van der Waals surface area contributed by atoms with Gasteiger partial charge in [0, 0.05) is 18.6 Å². The Balaban J connectivity index is 2.89. The summed E-state index contributed by atoms with van der Waals surface area (Å²) in [7, 11) is 0. The quantitative estimate of drug-likeness (QED) is 0.279. The number of amides is 1. The van der Waals surface area contributed by atoms with E-state index in [0.717, 1.165) is 0 Å². The number of nitrogens with one attached hydrogen (secondary N) is 1. The lowest BCUT2D eigenvalue weighted by molar-refractivity contribution is -0.384. The van der Waals surface area contributed by atoms with E-state index < -0.39 is 28.4 Å². The smallest absolute Gasteiger partial charge is 0.408 e. The zero-order valence-electron chi connectivity index (χ0n) is 13.6. The van der Waals surface area contributed by atoms with Crippen molar-refractivity contribution in [1.29, 1.82) is 0 Å². The first-order valence-electron chi connectivity index (χ1n) is 7.06. The number of ketones is 1. The van der Waals surface area contributed by atoms with Crippen molar-refractivity contribution >= 4 is 23.8 Å². The fourth-order valence-electron chi connectivity index (χ4n) is 1.81. The lowest BCUT2D eigenvalue weighted by Crippen LogP contribution is -2.45. The number of alkyl carbamates (subject to hydrolysis) is 1. The van der Waals surface area contributed by atoms with Crippen molar-refractivity contribution in [2.45, 2.75) is 38.8 Å². The monoisotopic (exact) mass is 334 g/mol. The van der Waals surface area contributed by atoms with Crippen molar-refractivity contribution in [3.8, 4) is 0 Å². The van der Waals surface area contributed by atoms with E-state index in [1.165, 1.54) is 24.3 Å². The van der Waals surface area contributed by atoms with E-state index in [0.29, 0.717) is 11.8 Å². The van der Waals surface area contributed by atoms with Crippen molar-refractivity contribution < 1.29 is 24.0 Å². The number of carbonyl (C=O) groups excluding carboxylic acids is 2. The second kappa shape index (κ2) is 7.98. The molecule has 0 aliphatic heterocycles. The molecule has 0 bridgehead atoms. The molecular weight excluding hydrogens is 316 g/mol. The number of non-ortho nitro benzene ring substituents is 1. The lowest BCUT2D eigenvalue weighted by Gasteiger charge is -2.22. The van der Waals surface area contributed by atoms with Gasteiger partial charge < -0.3 is 15.6 Å². The SMILES string of the molecule is CC(C)(C)OC(=O)NC(Cc1ccc([N+](=O)[O-])cc1)C(=O)C=[N+]=[N-].